The standard InChI is InChI=1S/C13H24N2O3/c1-18-10-12(16)7-9-15-13(17)14-8-6-11-4-2-3-5-11/h4,12,16H,2-3,5-10H2,1H3,(H2,14,15,17). The van der Waals surface area contributed by atoms with Gasteiger partial charge in [-0.15, -0.1) is 0 Å². The minimum absolute atomic E-state index is 0.168. The molecule has 0 radical (unpaired) electrons. The van der Waals surface area contributed by atoms with Gasteiger partial charge in [0.05, 0.1) is 12.7 Å². The Hall–Kier alpha value is -1.07. The Labute approximate surface area is 109 Å². The second-order valence-electron chi connectivity index (χ2n) is 4.59. The van der Waals surface area contributed by atoms with E-state index in [1.807, 2.05) is 0 Å². The van der Waals surface area contributed by atoms with Gasteiger partial charge in [0.1, 0.15) is 0 Å². The number of ether oxygens (including phenoxy) is 1. The van der Waals surface area contributed by atoms with Crippen molar-refractivity contribution in [3.63, 3.8) is 0 Å². The van der Waals surface area contributed by atoms with Crippen LogP contribution < -0.4 is 10.6 Å². The van der Waals surface area contributed by atoms with E-state index in [1.54, 1.807) is 7.11 Å². The van der Waals surface area contributed by atoms with Crippen molar-refractivity contribution in [2.24, 2.45) is 0 Å². The maximum absolute atomic E-state index is 11.4. The van der Waals surface area contributed by atoms with Gasteiger partial charge in [0, 0.05) is 20.2 Å². The van der Waals surface area contributed by atoms with E-state index in [0.29, 0.717) is 26.1 Å². The van der Waals surface area contributed by atoms with Crippen molar-refractivity contribution < 1.29 is 14.6 Å². The molecule has 3 N–H and O–H groups in total. The predicted octanol–water partition coefficient (Wildman–Crippen LogP) is 1.18. The quantitative estimate of drug-likeness (QED) is 0.571. The van der Waals surface area contributed by atoms with Crippen LogP contribution in [0.15, 0.2) is 11.6 Å². The average molecular weight is 256 g/mol. The summed E-state index contributed by atoms with van der Waals surface area (Å²) >= 11 is 0. The number of hydrogen-bond acceptors (Lipinski definition) is 3. The number of rotatable bonds is 8. The molecule has 0 fully saturated rings. The summed E-state index contributed by atoms with van der Waals surface area (Å²) in [6.07, 6.45) is 6.80. The molecular formula is C13H24N2O3. The molecule has 18 heavy (non-hydrogen) atoms. The summed E-state index contributed by atoms with van der Waals surface area (Å²) in [5.74, 6) is 0. The molecule has 0 saturated heterocycles. The van der Waals surface area contributed by atoms with Gasteiger partial charge in [0.2, 0.25) is 0 Å². The Balaban J connectivity index is 1.96. The Bertz CT molecular complexity index is 279. The smallest absolute Gasteiger partial charge is 0.314 e. The van der Waals surface area contributed by atoms with Crippen molar-refractivity contribution in [3.8, 4) is 0 Å². The molecule has 0 aromatic carbocycles. The first-order chi connectivity index (χ1) is 8.72. The molecule has 5 nitrogen and oxygen atoms in total. The SMILES string of the molecule is COCC(O)CCNC(=O)NCCC1=CCCC1. The van der Waals surface area contributed by atoms with Gasteiger partial charge < -0.3 is 20.5 Å². The summed E-state index contributed by atoms with van der Waals surface area (Å²) in [6, 6.07) is -0.168. The number of nitrogens with one attached hydrogen (secondary N) is 2. The molecule has 0 aromatic rings. The van der Waals surface area contributed by atoms with Gasteiger partial charge in [0.25, 0.3) is 0 Å². The van der Waals surface area contributed by atoms with E-state index in [4.69, 9.17) is 4.74 Å². The summed E-state index contributed by atoms with van der Waals surface area (Å²) < 4.78 is 4.80. The van der Waals surface area contributed by atoms with Crippen molar-refractivity contribution in [3.05, 3.63) is 11.6 Å². The lowest BCUT2D eigenvalue weighted by Crippen LogP contribution is -2.37. The zero-order valence-corrected chi connectivity index (χ0v) is 11.1. The minimum Gasteiger partial charge on any atom is -0.391 e. The number of methoxy groups -OCH3 is 1. The normalized spacial score (nSPS) is 16.2. The lowest BCUT2D eigenvalue weighted by molar-refractivity contribution is 0.0599. The zero-order chi connectivity index (χ0) is 13.2. The van der Waals surface area contributed by atoms with Gasteiger partial charge >= 0.3 is 6.03 Å². The Morgan fingerprint density at radius 3 is 2.94 bits per heavy atom. The fourth-order valence-electron chi connectivity index (χ4n) is 1.99. The molecular weight excluding hydrogens is 232 g/mol. The Morgan fingerprint density at radius 2 is 2.28 bits per heavy atom. The first-order valence-corrected chi connectivity index (χ1v) is 6.59. The maximum Gasteiger partial charge on any atom is 0.314 e. The van der Waals surface area contributed by atoms with Crippen LogP contribution in [0.25, 0.3) is 0 Å². The summed E-state index contributed by atoms with van der Waals surface area (Å²) in [5, 5.41) is 14.9. The lowest BCUT2D eigenvalue weighted by atomic mass is 10.2. The molecule has 0 heterocycles. The molecule has 0 bridgehead atoms. The summed E-state index contributed by atoms with van der Waals surface area (Å²) in [4.78, 5) is 11.4. The van der Waals surface area contributed by atoms with Gasteiger partial charge in [-0.1, -0.05) is 11.6 Å². The van der Waals surface area contributed by atoms with E-state index >= 15 is 0 Å². The molecule has 1 aliphatic rings. The van der Waals surface area contributed by atoms with E-state index in [1.165, 1.54) is 24.8 Å². The highest BCUT2D eigenvalue weighted by Crippen LogP contribution is 2.19. The first kappa shape index (κ1) is 15.0. The van der Waals surface area contributed by atoms with Gasteiger partial charge in [-0.25, -0.2) is 4.79 Å². The second kappa shape index (κ2) is 8.94. The van der Waals surface area contributed by atoms with Crippen LogP contribution in [0.5, 0.6) is 0 Å². The van der Waals surface area contributed by atoms with Gasteiger partial charge in [-0.2, -0.15) is 0 Å². The first-order valence-electron chi connectivity index (χ1n) is 6.59. The highest BCUT2D eigenvalue weighted by atomic mass is 16.5. The van der Waals surface area contributed by atoms with Crippen molar-refractivity contribution in [1.29, 1.82) is 0 Å². The lowest BCUT2D eigenvalue weighted by Gasteiger charge is -2.11. The second-order valence-corrected chi connectivity index (χ2v) is 4.59. The van der Waals surface area contributed by atoms with E-state index in [0.717, 1.165) is 6.42 Å². The molecule has 5 heteroatoms. The zero-order valence-electron chi connectivity index (χ0n) is 11.1. The third kappa shape index (κ3) is 6.61. The number of hydrogen-bond donors (Lipinski definition) is 3. The average Bonchev–Trinajstić information content (AvgIpc) is 2.82. The van der Waals surface area contributed by atoms with E-state index in [9.17, 15) is 9.90 Å². The van der Waals surface area contributed by atoms with Crippen LogP contribution in [0.1, 0.15) is 32.1 Å². The van der Waals surface area contributed by atoms with Crippen molar-refractivity contribution >= 4 is 6.03 Å². The number of carbonyl (C=O) groups is 1. The highest BCUT2D eigenvalue weighted by Gasteiger charge is 2.06. The number of aliphatic hydroxyl groups is 1. The van der Waals surface area contributed by atoms with Gasteiger partial charge in [-0.05, 0) is 32.1 Å². The molecule has 0 aromatic heterocycles. The third-order valence-corrected chi connectivity index (χ3v) is 2.99. The Kier molecular flexibility index (Phi) is 7.44. The topological polar surface area (TPSA) is 70.6 Å². The van der Waals surface area contributed by atoms with E-state index in [-0.39, 0.29) is 6.03 Å². The van der Waals surface area contributed by atoms with Crippen molar-refractivity contribution in [1.82, 2.24) is 10.6 Å². The summed E-state index contributed by atoms with van der Waals surface area (Å²) in [7, 11) is 1.54. The Morgan fingerprint density at radius 1 is 1.50 bits per heavy atom. The number of amides is 2. The van der Waals surface area contributed by atoms with Crippen LogP contribution >= 0.6 is 0 Å². The predicted molar refractivity (Wildman–Crippen MR) is 70.5 cm³/mol. The fourth-order valence-corrected chi connectivity index (χ4v) is 1.99. The minimum atomic E-state index is -0.515. The van der Waals surface area contributed by atoms with E-state index in [2.05, 4.69) is 16.7 Å². The summed E-state index contributed by atoms with van der Waals surface area (Å²) in [6.45, 7) is 1.44. The molecule has 2 amide bonds. The van der Waals surface area contributed by atoms with Crippen LogP contribution in [0.4, 0.5) is 4.79 Å². The van der Waals surface area contributed by atoms with Crippen LogP contribution in [0.3, 0.4) is 0 Å². The van der Waals surface area contributed by atoms with Crippen LogP contribution in [0, 0.1) is 0 Å². The highest BCUT2D eigenvalue weighted by molar-refractivity contribution is 5.73. The number of urea groups is 1. The van der Waals surface area contributed by atoms with Crippen molar-refractivity contribution in [2.45, 2.75) is 38.2 Å². The fraction of sp³-hybridized carbons (Fsp3) is 0.769. The molecule has 1 aliphatic carbocycles. The number of allylic oxidation sites excluding steroid dienone is 1. The van der Waals surface area contributed by atoms with Crippen LogP contribution in [-0.4, -0.2) is 44.0 Å². The molecule has 104 valence electrons. The van der Waals surface area contributed by atoms with Crippen molar-refractivity contribution in [2.75, 3.05) is 26.8 Å². The van der Waals surface area contributed by atoms with Crippen LogP contribution in [0.2, 0.25) is 0 Å². The summed E-state index contributed by atoms with van der Waals surface area (Å²) in [5.41, 5.74) is 1.45. The molecule has 0 aliphatic heterocycles. The van der Waals surface area contributed by atoms with Gasteiger partial charge in [-0.3, -0.25) is 0 Å². The maximum atomic E-state index is 11.4. The molecule has 1 unspecified atom stereocenters. The monoisotopic (exact) mass is 256 g/mol. The molecule has 0 saturated carbocycles. The largest absolute Gasteiger partial charge is 0.391 e. The molecule has 0 spiro atoms. The van der Waals surface area contributed by atoms with Crippen LogP contribution in [-0.2, 0) is 4.74 Å². The van der Waals surface area contributed by atoms with Gasteiger partial charge in [0.15, 0.2) is 0 Å². The molecule has 1 atom stereocenters. The van der Waals surface area contributed by atoms with E-state index < -0.39 is 6.10 Å². The molecule has 1 rings (SSSR count). The number of carbonyl (C=O) groups excluding carboxylic acids is 1. The third-order valence-electron chi connectivity index (χ3n) is 2.99. The number of aliphatic hydroxyl groups excluding tert-OH is 1.